The lowest BCUT2D eigenvalue weighted by molar-refractivity contribution is 0.0642. The molecule has 0 saturated carbocycles. The number of piperidine rings is 1. The molecular weight excluding hydrogens is 184 g/mol. The van der Waals surface area contributed by atoms with Crippen LogP contribution in [0.1, 0.15) is 46.5 Å². The zero-order valence-corrected chi connectivity index (χ0v) is 10.8. The normalized spacial score (nSPS) is 26.8. The van der Waals surface area contributed by atoms with Gasteiger partial charge in [-0.3, -0.25) is 0 Å². The van der Waals surface area contributed by atoms with Gasteiger partial charge in [0.05, 0.1) is 0 Å². The molecule has 0 aromatic carbocycles. The Labute approximate surface area is 95.2 Å². The van der Waals surface area contributed by atoms with E-state index in [1.54, 1.807) is 0 Å². The van der Waals surface area contributed by atoms with Gasteiger partial charge in [0.2, 0.25) is 0 Å². The Morgan fingerprint density at radius 3 is 2.67 bits per heavy atom. The van der Waals surface area contributed by atoms with Crippen LogP contribution < -0.4 is 5.73 Å². The van der Waals surface area contributed by atoms with E-state index >= 15 is 0 Å². The molecule has 15 heavy (non-hydrogen) atoms. The van der Waals surface area contributed by atoms with E-state index in [1.807, 2.05) is 0 Å². The Hall–Kier alpha value is -0.0800. The maximum absolute atomic E-state index is 5.87. The van der Waals surface area contributed by atoms with Crippen molar-refractivity contribution in [2.24, 2.45) is 17.1 Å². The van der Waals surface area contributed by atoms with Gasteiger partial charge in [0.1, 0.15) is 0 Å². The minimum absolute atomic E-state index is 0.454. The van der Waals surface area contributed by atoms with E-state index in [1.165, 1.54) is 45.3 Å². The summed E-state index contributed by atoms with van der Waals surface area (Å²) >= 11 is 0. The van der Waals surface area contributed by atoms with Gasteiger partial charge >= 0.3 is 0 Å². The van der Waals surface area contributed by atoms with Crippen molar-refractivity contribution >= 4 is 0 Å². The summed E-state index contributed by atoms with van der Waals surface area (Å²) in [6.07, 6.45) is 5.35. The summed E-state index contributed by atoms with van der Waals surface area (Å²) in [6.45, 7) is 11.6. The third kappa shape index (κ3) is 3.76. The first-order valence-corrected chi connectivity index (χ1v) is 6.52. The fraction of sp³-hybridized carbons (Fsp3) is 1.00. The summed E-state index contributed by atoms with van der Waals surface area (Å²) in [4.78, 5) is 2.61. The highest BCUT2D eigenvalue weighted by Gasteiger charge is 2.33. The fourth-order valence-electron chi connectivity index (χ4n) is 2.48. The Kier molecular flexibility index (Phi) is 5.07. The molecule has 0 aromatic heterocycles. The first kappa shape index (κ1) is 13.0. The predicted molar refractivity (Wildman–Crippen MR) is 66.9 cm³/mol. The third-order valence-corrected chi connectivity index (χ3v) is 4.02. The van der Waals surface area contributed by atoms with Gasteiger partial charge in [0, 0.05) is 6.54 Å². The topological polar surface area (TPSA) is 29.3 Å². The summed E-state index contributed by atoms with van der Waals surface area (Å²) in [5.41, 5.74) is 6.32. The van der Waals surface area contributed by atoms with E-state index in [0.29, 0.717) is 11.3 Å². The van der Waals surface area contributed by atoms with E-state index in [-0.39, 0.29) is 0 Å². The number of unbranched alkanes of at least 4 members (excludes halogenated alkanes) is 2. The minimum Gasteiger partial charge on any atom is -0.330 e. The quantitative estimate of drug-likeness (QED) is 0.709. The van der Waals surface area contributed by atoms with Crippen molar-refractivity contribution in [3.63, 3.8) is 0 Å². The van der Waals surface area contributed by atoms with Gasteiger partial charge in [-0.25, -0.2) is 0 Å². The second-order valence-electron chi connectivity index (χ2n) is 5.68. The molecule has 0 aromatic rings. The van der Waals surface area contributed by atoms with Crippen LogP contribution in [0.5, 0.6) is 0 Å². The van der Waals surface area contributed by atoms with Gasteiger partial charge in [-0.05, 0) is 43.8 Å². The molecule has 1 heterocycles. The van der Waals surface area contributed by atoms with Gasteiger partial charge in [0.25, 0.3) is 0 Å². The predicted octanol–water partition coefficient (Wildman–Crippen LogP) is 2.48. The van der Waals surface area contributed by atoms with Crippen LogP contribution >= 0.6 is 0 Å². The van der Waals surface area contributed by atoms with Crippen LogP contribution in [0, 0.1) is 11.3 Å². The zero-order valence-electron chi connectivity index (χ0n) is 10.8. The molecule has 2 heteroatoms. The lowest BCUT2D eigenvalue weighted by atomic mass is 9.73. The van der Waals surface area contributed by atoms with E-state index in [4.69, 9.17) is 5.73 Å². The van der Waals surface area contributed by atoms with Crippen LogP contribution in [-0.4, -0.2) is 31.1 Å². The second-order valence-corrected chi connectivity index (χ2v) is 5.68. The van der Waals surface area contributed by atoms with E-state index < -0.39 is 0 Å². The summed E-state index contributed by atoms with van der Waals surface area (Å²) in [7, 11) is 0. The largest absolute Gasteiger partial charge is 0.330 e. The highest BCUT2D eigenvalue weighted by Crippen LogP contribution is 2.34. The van der Waals surface area contributed by atoms with E-state index in [9.17, 15) is 0 Å². The standard InChI is InChI=1S/C13H28N2/c1-4-5-6-8-15-9-7-13(2,3)12(10-14)11-15/h12H,4-11,14H2,1-3H3. The Morgan fingerprint density at radius 2 is 2.07 bits per heavy atom. The molecule has 0 aliphatic carbocycles. The smallest absolute Gasteiger partial charge is 0.00268 e. The molecule has 0 bridgehead atoms. The van der Waals surface area contributed by atoms with Crippen molar-refractivity contribution in [3.05, 3.63) is 0 Å². The summed E-state index contributed by atoms with van der Waals surface area (Å²) in [5, 5.41) is 0. The molecule has 1 fully saturated rings. The van der Waals surface area contributed by atoms with Crippen molar-refractivity contribution in [1.29, 1.82) is 0 Å². The van der Waals surface area contributed by atoms with Crippen LogP contribution in [0.3, 0.4) is 0 Å². The molecule has 1 rings (SSSR count). The second kappa shape index (κ2) is 5.86. The van der Waals surface area contributed by atoms with Crippen molar-refractivity contribution in [2.45, 2.75) is 46.5 Å². The van der Waals surface area contributed by atoms with E-state index in [0.717, 1.165) is 6.54 Å². The first-order chi connectivity index (χ1) is 7.10. The maximum Gasteiger partial charge on any atom is 0.00268 e. The Balaban J connectivity index is 2.33. The SMILES string of the molecule is CCCCCN1CCC(C)(C)C(CN)C1. The van der Waals surface area contributed by atoms with E-state index in [2.05, 4.69) is 25.7 Å². The molecule has 0 radical (unpaired) electrons. The highest BCUT2D eigenvalue weighted by molar-refractivity contribution is 4.87. The Morgan fingerprint density at radius 1 is 1.33 bits per heavy atom. The molecule has 1 unspecified atom stereocenters. The Bertz CT molecular complexity index is 177. The molecular formula is C13H28N2. The van der Waals surface area contributed by atoms with Crippen LogP contribution in [0.4, 0.5) is 0 Å². The molecule has 1 aliphatic heterocycles. The van der Waals surface area contributed by atoms with Crippen molar-refractivity contribution in [1.82, 2.24) is 4.90 Å². The molecule has 0 amide bonds. The van der Waals surface area contributed by atoms with Crippen molar-refractivity contribution in [3.8, 4) is 0 Å². The number of hydrogen-bond donors (Lipinski definition) is 1. The minimum atomic E-state index is 0.454. The average Bonchev–Trinajstić information content (AvgIpc) is 2.20. The van der Waals surface area contributed by atoms with Gasteiger partial charge in [-0.1, -0.05) is 33.6 Å². The number of nitrogens with zero attached hydrogens (tertiary/aromatic N) is 1. The van der Waals surface area contributed by atoms with Crippen LogP contribution in [0.2, 0.25) is 0 Å². The van der Waals surface area contributed by atoms with Crippen molar-refractivity contribution in [2.75, 3.05) is 26.2 Å². The molecule has 1 aliphatic rings. The molecule has 0 spiro atoms. The lowest BCUT2D eigenvalue weighted by Gasteiger charge is -2.43. The number of nitrogens with two attached hydrogens (primary N) is 1. The number of likely N-dealkylation sites (tertiary alicyclic amines) is 1. The molecule has 2 nitrogen and oxygen atoms in total. The molecule has 2 N–H and O–H groups in total. The van der Waals surface area contributed by atoms with Gasteiger partial charge in [0.15, 0.2) is 0 Å². The summed E-state index contributed by atoms with van der Waals surface area (Å²) < 4.78 is 0. The third-order valence-electron chi connectivity index (χ3n) is 4.02. The van der Waals surface area contributed by atoms with Crippen LogP contribution in [-0.2, 0) is 0 Å². The summed E-state index contributed by atoms with van der Waals surface area (Å²) in [6, 6.07) is 0. The maximum atomic E-state index is 5.87. The highest BCUT2D eigenvalue weighted by atomic mass is 15.1. The monoisotopic (exact) mass is 212 g/mol. The van der Waals surface area contributed by atoms with Gasteiger partial charge in [-0.2, -0.15) is 0 Å². The first-order valence-electron chi connectivity index (χ1n) is 6.52. The fourth-order valence-corrected chi connectivity index (χ4v) is 2.48. The molecule has 1 saturated heterocycles. The molecule has 90 valence electrons. The number of hydrogen-bond acceptors (Lipinski definition) is 2. The zero-order chi connectivity index (χ0) is 11.3. The lowest BCUT2D eigenvalue weighted by Crippen LogP contribution is -2.47. The summed E-state index contributed by atoms with van der Waals surface area (Å²) in [5.74, 6) is 0.688. The molecule has 1 atom stereocenters. The van der Waals surface area contributed by atoms with Crippen LogP contribution in [0.15, 0.2) is 0 Å². The number of rotatable bonds is 5. The van der Waals surface area contributed by atoms with Gasteiger partial charge in [-0.15, -0.1) is 0 Å². The van der Waals surface area contributed by atoms with Crippen molar-refractivity contribution < 1.29 is 0 Å². The van der Waals surface area contributed by atoms with Crippen LogP contribution in [0.25, 0.3) is 0 Å². The average molecular weight is 212 g/mol. The van der Waals surface area contributed by atoms with Gasteiger partial charge < -0.3 is 10.6 Å².